The number of hydrogen-bond acceptors (Lipinski definition) is 3. The molecule has 0 spiro atoms. The monoisotopic (exact) mass is 329 g/mol. The van der Waals surface area contributed by atoms with E-state index in [-0.39, 0.29) is 17.1 Å². The molecule has 0 saturated carbocycles. The molecule has 1 N–H and O–H groups in total. The Morgan fingerprint density at radius 1 is 1.57 bits per heavy atom. The number of nitrogens with one attached hydrogen (secondary N) is 1. The lowest BCUT2D eigenvalue weighted by molar-refractivity contribution is 0.227. The second-order valence-electron chi connectivity index (χ2n) is 5.07. The minimum absolute atomic E-state index is 0.0231. The number of amidine groups is 1. The first-order chi connectivity index (χ1) is 9.88. The number of halogens is 2. The van der Waals surface area contributed by atoms with E-state index in [2.05, 4.69) is 17.2 Å². The van der Waals surface area contributed by atoms with Gasteiger partial charge in [-0.2, -0.15) is 0 Å². The second kappa shape index (κ2) is 6.66. The second-order valence-corrected chi connectivity index (χ2v) is 6.89. The number of carbonyl (C=O) groups excluding carboxylic acids is 1. The Labute approximate surface area is 132 Å². The van der Waals surface area contributed by atoms with E-state index in [0.717, 1.165) is 0 Å². The summed E-state index contributed by atoms with van der Waals surface area (Å²) in [6, 6.07) is 3.76. The zero-order chi connectivity index (χ0) is 15.6. The van der Waals surface area contributed by atoms with E-state index < -0.39 is 5.82 Å². The van der Waals surface area contributed by atoms with Crippen molar-refractivity contribution in [1.29, 1.82) is 0 Å². The van der Waals surface area contributed by atoms with Crippen LogP contribution in [0.3, 0.4) is 0 Å². The van der Waals surface area contributed by atoms with Crippen LogP contribution in [0, 0.1) is 5.82 Å². The van der Waals surface area contributed by atoms with E-state index in [4.69, 9.17) is 11.6 Å². The first kappa shape index (κ1) is 16.1. The number of urea groups is 1. The Kier molecular flexibility index (Phi) is 5.11. The molecule has 0 aliphatic carbocycles. The van der Waals surface area contributed by atoms with Crippen molar-refractivity contribution < 1.29 is 9.18 Å². The molecule has 2 amide bonds. The summed E-state index contributed by atoms with van der Waals surface area (Å²) in [5.74, 6) is -0.514. The third-order valence-electron chi connectivity index (χ3n) is 2.90. The molecule has 1 aliphatic rings. The Morgan fingerprint density at radius 3 is 2.81 bits per heavy atom. The summed E-state index contributed by atoms with van der Waals surface area (Å²) in [6.45, 7) is 6.61. The van der Waals surface area contributed by atoms with Crippen LogP contribution < -0.4 is 5.32 Å². The lowest BCUT2D eigenvalue weighted by Gasteiger charge is -2.26. The fraction of sp³-hybridized carbons (Fsp3) is 0.429. The summed E-state index contributed by atoms with van der Waals surface area (Å²) < 4.78 is 13.1. The van der Waals surface area contributed by atoms with Gasteiger partial charge in [0.1, 0.15) is 5.82 Å². The van der Waals surface area contributed by atoms with E-state index >= 15 is 0 Å². The smallest absolute Gasteiger partial charge is 0.307 e. The lowest BCUT2D eigenvalue weighted by Crippen LogP contribution is -2.42. The fourth-order valence-corrected chi connectivity index (χ4v) is 3.14. The lowest BCUT2D eigenvalue weighted by atomic mass is 10.3. The van der Waals surface area contributed by atoms with Crippen LogP contribution in [-0.4, -0.2) is 33.9 Å². The van der Waals surface area contributed by atoms with E-state index in [1.807, 2.05) is 13.8 Å². The first-order valence-corrected chi connectivity index (χ1v) is 7.90. The summed E-state index contributed by atoms with van der Waals surface area (Å²) >= 11 is 7.29. The van der Waals surface area contributed by atoms with Crippen LogP contribution in [0.2, 0.25) is 5.02 Å². The quantitative estimate of drug-likeness (QED) is 0.883. The molecule has 7 heteroatoms. The van der Waals surface area contributed by atoms with Gasteiger partial charge in [-0.05, 0) is 32.0 Å². The van der Waals surface area contributed by atoms with Crippen LogP contribution in [0.25, 0.3) is 0 Å². The van der Waals surface area contributed by atoms with Gasteiger partial charge in [0.05, 0.1) is 11.6 Å². The number of aliphatic imine (C=N–C) groups is 1. The Balaban J connectivity index is 2.14. The molecule has 1 atom stereocenters. The molecule has 4 nitrogen and oxygen atoms in total. The van der Waals surface area contributed by atoms with Crippen molar-refractivity contribution in [2.24, 2.45) is 4.99 Å². The van der Waals surface area contributed by atoms with Gasteiger partial charge in [0.15, 0.2) is 5.17 Å². The van der Waals surface area contributed by atoms with Gasteiger partial charge in [0.25, 0.3) is 0 Å². The van der Waals surface area contributed by atoms with Gasteiger partial charge in [-0.15, -0.1) is 0 Å². The van der Waals surface area contributed by atoms with E-state index in [9.17, 15) is 9.18 Å². The number of hydrogen-bond donors (Lipinski definition) is 1. The molecule has 114 valence electrons. The Morgan fingerprint density at radius 2 is 2.29 bits per heavy atom. The molecule has 0 aromatic heterocycles. The van der Waals surface area contributed by atoms with Crippen molar-refractivity contribution in [2.75, 3.05) is 11.9 Å². The summed E-state index contributed by atoms with van der Waals surface area (Å²) in [7, 11) is 0. The maximum atomic E-state index is 13.1. The summed E-state index contributed by atoms with van der Waals surface area (Å²) in [6.07, 6.45) is 0. The summed E-state index contributed by atoms with van der Waals surface area (Å²) in [4.78, 5) is 18.4. The van der Waals surface area contributed by atoms with Crippen LogP contribution >= 0.6 is 23.4 Å². The highest BCUT2D eigenvalue weighted by molar-refractivity contribution is 8.14. The van der Waals surface area contributed by atoms with Crippen molar-refractivity contribution in [3.63, 3.8) is 0 Å². The zero-order valence-electron chi connectivity index (χ0n) is 12.1. The predicted molar refractivity (Wildman–Crippen MR) is 86.8 cm³/mol. The average Bonchev–Trinajstić information content (AvgIpc) is 2.80. The zero-order valence-corrected chi connectivity index (χ0v) is 13.6. The number of amides is 2. The van der Waals surface area contributed by atoms with E-state index in [1.54, 1.807) is 16.7 Å². The standard InChI is InChI=1S/C14H17ClFN3OS/c1-8(2)19(14-17-7-9(3)21-14)13(20)18-10-4-5-12(16)11(15)6-10/h4-6,8-9H,7H2,1-3H3,(H,18,20)/t9-/m0/s1. The van der Waals surface area contributed by atoms with Gasteiger partial charge in [-0.25, -0.2) is 9.18 Å². The van der Waals surface area contributed by atoms with Crippen molar-refractivity contribution in [1.82, 2.24) is 4.90 Å². The largest absolute Gasteiger partial charge is 0.328 e. The topological polar surface area (TPSA) is 44.7 Å². The third-order valence-corrected chi connectivity index (χ3v) is 4.28. The molecule has 0 fully saturated rings. The molecule has 1 aliphatic heterocycles. The fourth-order valence-electron chi connectivity index (χ4n) is 1.89. The van der Waals surface area contributed by atoms with Crippen LogP contribution in [-0.2, 0) is 0 Å². The van der Waals surface area contributed by atoms with Gasteiger partial charge in [0, 0.05) is 17.0 Å². The normalized spacial score (nSPS) is 17.8. The van der Waals surface area contributed by atoms with E-state index in [1.165, 1.54) is 18.2 Å². The third kappa shape index (κ3) is 3.89. The average molecular weight is 330 g/mol. The summed E-state index contributed by atoms with van der Waals surface area (Å²) in [5.41, 5.74) is 0.452. The Bertz CT molecular complexity index is 579. The molecule has 0 bridgehead atoms. The number of benzene rings is 1. The van der Waals surface area contributed by atoms with Gasteiger partial charge in [-0.3, -0.25) is 9.89 Å². The molecular formula is C14H17ClFN3OS. The van der Waals surface area contributed by atoms with Crippen LogP contribution in [0.1, 0.15) is 20.8 Å². The summed E-state index contributed by atoms with van der Waals surface area (Å²) in [5, 5.41) is 3.78. The molecule has 1 aromatic rings. The molecule has 21 heavy (non-hydrogen) atoms. The molecular weight excluding hydrogens is 313 g/mol. The van der Waals surface area contributed by atoms with Crippen molar-refractivity contribution in [3.05, 3.63) is 29.0 Å². The van der Waals surface area contributed by atoms with Crippen LogP contribution in [0.15, 0.2) is 23.2 Å². The van der Waals surface area contributed by atoms with E-state index in [0.29, 0.717) is 22.6 Å². The highest BCUT2D eigenvalue weighted by Crippen LogP contribution is 2.25. The number of carbonyl (C=O) groups is 1. The van der Waals surface area contributed by atoms with Crippen molar-refractivity contribution in [2.45, 2.75) is 32.1 Å². The first-order valence-electron chi connectivity index (χ1n) is 6.65. The Hall–Kier alpha value is -1.27. The highest BCUT2D eigenvalue weighted by Gasteiger charge is 2.28. The van der Waals surface area contributed by atoms with Crippen molar-refractivity contribution in [3.8, 4) is 0 Å². The molecule has 1 aromatic carbocycles. The van der Waals surface area contributed by atoms with Crippen molar-refractivity contribution >= 4 is 40.2 Å². The number of nitrogens with zero attached hydrogens (tertiary/aromatic N) is 2. The van der Waals surface area contributed by atoms with Gasteiger partial charge >= 0.3 is 6.03 Å². The maximum Gasteiger partial charge on any atom is 0.328 e. The minimum atomic E-state index is -0.514. The minimum Gasteiger partial charge on any atom is -0.307 e. The number of thioether (sulfide) groups is 1. The van der Waals surface area contributed by atoms with Gasteiger partial charge in [-0.1, -0.05) is 30.3 Å². The molecule has 1 heterocycles. The van der Waals surface area contributed by atoms with Gasteiger partial charge in [0.2, 0.25) is 0 Å². The molecule has 0 radical (unpaired) electrons. The number of anilines is 1. The molecule has 0 saturated heterocycles. The van der Waals surface area contributed by atoms with Crippen LogP contribution in [0.4, 0.5) is 14.9 Å². The highest BCUT2D eigenvalue weighted by atomic mass is 35.5. The molecule has 0 unspecified atom stereocenters. The predicted octanol–water partition coefficient (Wildman–Crippen LogP) is 4.21. The van der Waals surface area contributed by atoms with Crippen LogP contribution in [0.5, 0.6) is 0 Å². The number of rotatable bonds is 2. The van der Waals surface area contributed by atoms with Gasteiger partial charge < -0.3 is 5.32 Å². The molecule has 2 rings (SSSR count). The maximum absolute atomic E-state index is 13.1. The SMILES string of the molecule is CC(C)N(C(=O)Nc1ccc(F)c(Cl)c1)C1=NC[C@H](C)S1.